The van der Waals surface area contributed by atoms with Gasteiger partial charge in [0.05, 0.1) is 0 Å². The molecule has 0 amide bonds. The first kappa shape index (κ1) is 13.0. The zero-order valence-corrected chi connectivity index (χ0v) is 10.1. The average Bonchev–Trinajstić information content (AvgIpc) is 1.99. The van der Waals surface area contributed by atoms with Gasteiger partial charge in [-0.25, -0.2) is 0 Å². The van der Waals surface area contributed by atoms with Gasteiger partial charge in [-0.1, -0.05) is 41.0 Å². The zero-order chi connectivity index (χ0) is 10.3. The van der Waals surface area contributed by atoms with Crippen molar-refractivity contribution in [2.45, 2.75) is 59.9 Å². The summed E-state index contributed by atoms with van der Waals surface area (Å²) < 4.78 is 0. The van der Waals surface area contributed by atoms with Gasteiger partial charge in [0, 0.05) is 6.04 Å². The fourth-order valence-corrected chi connectivity index (χ4v) is 1.78. The van der Waals surface area contributed by atoms with E-state index < -0.39 is 0 Å². The lowest BCUT2D eigenvalue weighted by Gasteiger charge is -2.20. The Morgan fingerprint density at radius 1 is 1.08 bits per heavy atom. The van der Waals surface area contributed by atoms with E-state index in [2.05, 4.69) is 39.9 Å². The second kappa shape index (κ2) is 7.37. The summed E-state index contributed by atoms with van der Waals surface area (Å²) in [6.45, 7) is 12.6. The summed E-state index contributed by atoms with van der Waals surface area (Å²) in [7, 11) is 0. The monoisotopic (exact) mass is 185 g/mol. The maximum atomic E-state index is 3.54. The first-order valence-corrected chi connectivity index (χ1v) is 5.79. The quantitative estimate of drug-likeness (QED) is 0.640. The van der Waals surface area contributed by atoms with Gasteiger partial charge in [-0.2, -0.15) is 0 Å². The van der Waals surface area contributed by atoms with Crippen LogP contribution in [0.1, 0.15) is 53.9 Å². The van der Waals surface area contributed by atoms with Crippen molar-refractivity contribution in [1.82, 2.24) is 5.32 Å². The Morgan fingerprint density at radius 2 is 1.69 bits per heavy atom. The molecule has 80 valence electrons. The van der Waals surface area contributed by atoms with Crippen LogP contribution >= 0.6 is 0 Å². The molecule has 0 saturated heterocycles. The summed E-state index contributed by atoms with van der Waals surface area (Å²) in [6.07, 6.45) is 4.06. The van der Waals surface area contributed by atoms with Crippen molar-refractivity contribution in [2.75, 3.05) is 6.54 Å². The SMILES string of the molecule is CCCC(CNC(C)C)CC(C)C. The molecule has 0 heterocycles. The zero-order valence-electron chi connectivity index (χ0n) is 10.1. The Labute approximate surface area is 84.3 Å². The molecule has 0 radical (unpaired) electrons. The van der Waals surface area contributed by atoms with Gasteiger partial charge < -0.3 is 5.32 Å². The highest BCUT2D eigenvalue weighted by molar-refractivity contribution is 4.65. The molecule has 0 aliphatic heterocycles. The molecule has 0 aromatic heterocycles. The maximum absolute atomic E-state index is 3.54. The number of nitrogens with one attached hydrogen (secondary N) is 1. The third-order valence-corrected chi connectivity index (χ3v) is 2.32. The molecule has 0 fully saturated rings. The van der Waals surface area contributed by atoms with E-state index in [-0.39, 0.29) is 0 Å². The Hall–Kier alpha value is -0.0400. The van der Waals surface area contributed by atoms with E-state index in [0.717, 1.165) is 11.8 Å². The lowest BCUT2D eigenvalue weighted by atomic mass is 9.93. The third kappa shape index (κ3) is 8.29. The van der Waals surface area contributed by atoms with Gasteiger partial charge in [0.25, 0.3) is 0 Å². The molecule has 1 N–H and O–H groups in total. The van der Waals surface area contributed by atoms with Gasteiger partial charge in [0.15, 0.2) is 0 Å². The average molecular weight is 185 g/mol. The summed E-state index contributed by atoms with van der Waals surface area (Å²) in [5.41, 5.74) is 0. The Morgan fingerprint density at radius 3 is 2.08 bits per heavy atom. The molecule has 0 spiro atoms. The van der Waals surface area contributed by atoms with Crippen LogP contribution in [0.2, 0.25) is 0 Å². The molecule has 0 aliphatic rings. The van der Waals surface area contributed by atoms with E-state index in [9.17, 15) is 0 Å². The summed E-state index contributed by atoms with van der Waals surface area (Å²) in [5.74, 6) is 1.72. The molecule has 0 aliphatic carbocycles. The van der Waals surface area contributed by atoms with E-state index in [4.69, 9.17) is 0 Å². The molecule has 1 nitrogen and oxygen atoms in total. The van der Waals surface area contributed by atoms with Crippen molar-refractivity contribution in [2.24, 2.45) is 11.8 Å². The van der Waals surface area contributed by atoms with Crippen molar-refractivity contribution < 1.29 is 0 Å². The molecule has 1 unspecified atom stereocenters. The largest absolute Gasteiger partial charge is 0.314 e. The lowest BCUT2D eigenvalue weighted by Crippen LogP contribution is -2.29. The Bertz CT molecular complexity index is 108. The van der Waals surface area contributed by atoms with E-state index in [0.29, 0.717) is 6.04 Å². The van der Waals surface area contributed by atoms with E-state index in [1.54, 1.807) is 0 Å². The van der Waals surface area contributed by atoms with Gasteiger partial charge in [-0.15, -0.1) is 0 Å². The molecule has 0 rings (SSSR count). The second-order valence-electron chi connectivity index (χ2n) is 4.85. The lowest BCUT2D eigenvalue weighted by molar-refractivity contribution is 0.353. The van der Waals surface area contributed by atoms with Crippen molar-refractivity contribution in [3.05, 3.63) is 0 Å². The minimum absolute atomic E-state index is 0.631. The summed E-state index contributed by atoms with van der Waals surface area (Å²) in [5, 5.41) is 3.54. The predicted octanol–water partition coefficient (Wildman–Crippen LogP) is 3.45. The highest BCUT2D eigenvalue weighted by Crippen LogP contribution is 2.16. The minimum atomic E-state index is 0.631. The van der Waals surface area contributed by atoms with Gasteiger partial charge in [0.2, 0.25) is 0 Å². The fraction of sp³-hybridized carbons (Fsp3) is 1.00. The van der Waals surface area contributed by atoms with Crippen LogP contribution in [0.3, 0.4) is 0 Å². The number of rotatable bonds is 7. The van der Waals surface area contributed by atoms with Gasteiger partial charge in [-0.05, 0) is 31.2 Å². The second-order valence-corrected chi connectivity index (χ2v) is 4.85. The van der Waals surface area contributed by atoms with Crippen molar-refractivity contribution >= 4 is 0 Å². The third-order valence-electron chi connectivity index (χ3n) is 2.32. The van der Waals surface area contributed by atoms with Crippen LogP contribution in [0.4, 0.5) is 0 Å². The van der Waals surface area contributed by atoms with E-state index in [1.807, 2.05) is 0 Å². The molecule has 0 aromatic rings. The van der Waals surface area contributed by atoms with Crippen LogP contribution in [-0.2, 0) is 0 Å². The van der Waals surface area contributed by atoms with E-state index >= 15 is 0 Å². The summed E-state index contributed by atoms with van der Waals surface area (Å²) >= 11 is 0. The Kier molecular flexibility index (Phi) is 7.35. The molecule has 0 aromatic carbocycles. The predicted molar refractivity (Wildman–Crippen MR) is 61.0 cm³/mol. The normalized spacial score (nSPS) is 14.1. The first-order chi connectivity index (χ1) is 6.06. The van der Waals surface area contributed by atoms with Crippen LogP contribution in [-0.4, -0.2) is 12.6 Å². The van der Waals surface area contributed by atoms with Gasteiger partial charge in [0.1, 0.15) is 0 Å². The number of hydrogen-bond donors (Lipinski definition) is 1. The molecule has 0 bridgehead atoms. The first-order valence-electron chi connectivity index (χ1n) is 5.79. The summed E-state index contributed by atoms with van der Waals surface area (Å²) in [6, 6.07) is 0.631. The van der Waals surface area contributed by atoms with Crippen LogP contribution in [0.25, 0.3) is 0 Å². The van der Waals surface area contributed by atoms with Crippen LogP contribution < -0.4 is 5.32 Å². The Balaban J connectivity index is 3.66. The molecule has 1 atom stereocenters. The van der Waals surface area contributed by atoms with Crippen molar-refractivity contribution in [1.29, 1.82) is 0 Å². The van der Waals surface area contributed by atoms with Crippen molar-refractivity contribution in [3.8, 4) is 0 Å². The fourth-order valence-electron chi connectivity index (χ4n) is 1.78. The van der Waals surface area contributed by atoms with Crippen LogP contribution in [0.5, 0.6) is 0 Å². The summed E-state index contributed by atoms with van der Waals surface area (Å²) in [4.78, 5) is 0. The maximum Gasteiger partial charge on any atom is 0.00104 e. The van der Waals surface area contributed by atoms with Crippen LogP contribution in [0.15, 0.2) is 0 Å². The van der Waals surface area contributed by atoms with Crippen LogP contribution in [0, 0.1) is 11.8 Å². The molecular weight excluding hydrogens is 158 g/mol. The smallest absolute Gasteiger partial charge is 0.00104 e. The topological polar surface area (TPSA) is 12.0 Å². The molecule has 1 heteroatoms. The molecular formula is C12H27N. The number of hydrogen-bond acceptors (Lipinski definition) is 1. The van der Waals surface area contributed by atoms with Crippen molar-refractivity contribution in [3.63, 3.8) is 0 Å². The highest BCUT2D eigenvalue weighted by Gasteiger charge is 2.09. The standard InChI is InChI=1S/C12H27N/c1-6-7-12(8-10(2)3)9-13-11(4)5/h10-13H,6-9H2,1-5H3. The minimum Gasteiger partial charge on any atom is -0.314 e. The van der Waals surface area contributed by atoms with Gasteiger partial charge >= 0.3 is 0 Å². The molecule has 0 saturated carbocycles. The highest BCUT2D eigenvalue weighted by atomic mass is 14.9. The van der Waals surface area contributed by atoms with Gasteiger partial charge in [-0.3, -0.25) is 0 Å². The molecule has 13 heavy (non-hydrogen) atoms. The van der Waals surface area contributed by atoms with E-state index in [1.165, 1.54) is 25.8 Å².